The van der Waals surface area contributed by atoms with Crippen LogP contribution in [0.5, 0.6) is 17.2 Å². The van der Waals surface area contributed by atoms with Crippen molar-refractivity contribution in [2.24, 2.45) is 0 Å². The van der Waals surface area contributed by atoms with Crippen molar-refractivity contribution in [1.29, 1.82) is 0 Å². The first-order valence-corrected chi connectivity index (χ1v) is 10.7. The second-order valence-corrected chi connectivity index (χ2v) is 8.45. The molecule has 1 N–H and O–H groups in total. The first-order valence-electron chi connectivity index (χ1n) is 8.90. The Morgan fingerprint density at radius 3 is 2.17 bits per heavy atom. The Hall–Kier alpha value is -2.94. The summed E-state index contributed by atoms with van der Waals surface area (Å²) in [7, 11) is -0.699. The molecule has 0 aliphatic carbocycles. The number of rotatable bonds is 9. The van der Waals surface area contributed by atoms with Crippen molar-refractivity contribution in [3.63, 3.8) is 0 Å². The normalized spacial score (nSPS) is 11.1. The van der Waals surface area contributed by atoms with Gasteiger partial charge in [-0.25, -0.2) is 8.42 Å². The van der Waals surface area contributed by atoms with Gasteiger partial charge in [0.25, 0.3) is 0 Å². The van der Waals surface area contributed by atoms with Crippen LogP contribution in [0, 0.1) is 0 Å². The second-order valence-electron chi connectivity index (χ2n) is 6.54. The van der Waals surface area contributed by atoms with Crippen LogP contribution in [0.1, 0.15) is 13.8 Å². The van der Waals surface area contributed by atoms with Gasteiger partial charge in [0.2, 0.25) is 15.9 Å². The molecule has 158 valence electrons. The van der Waals surface area contributed by atoms with Gasteiger partial charge >= 0.3 is 0 Å². The summed E-state index contributed by atoms with van der Waals surface area (Å²) in [5.41, 5.74) is 0.771. The van der Waals surface area contributed by atoms with Gasteiger partial charge in [-0.3, -0.25) is 9.10 Å². The topological polar surface area (TPSA) is 94.2 Å². The van der Waals surface area contributed by atoms with Crippen LogP contribution in [0.15, 0.2) is 42.5 Å². The van der Waals surface area contributed by atoms with Crippen LogP contribution in [0.25, 0.3) is 0 Å². The molecule has 2 rings (SSSR count). The number of carbonyl (C=O) groups is 1. The molecule has 9 heteroatoms. The Kier molecular flexibility index (Phi) is 7.33. The van der Waals surface area contributed by atoms with Gasteiger partial charge in [-0.2, -0.15) is 0 Å². The van der Waals surface area contributed by atoms with Crippen molar-refractivity contribution in [2.75, 3.05) is 36.6 Å². The summed E-state index contributed by atoms with van der Waals surface area (Å²) in [6, 6.07) is 11.4. The third-order valence-electron chi connectivity index (χ3n) is 3.87. The Balaban J connectivity index is 2.20. The quantitative estimate of drug-likeness (QED) is 0.668. The Morgan fingerprint density at radius 1 is 1.03 bits per heavy atom. The smallest absolute Gasteiger partial charge is 0.245 e. The minimum Gasteiger partial charge on any atom is -0.497 e. The van der Waals surface area contributed by atoms with Crippen molar-refractivity contribution >= 4 is 27.3 Å². The number of carbonyl (C=O) groups excluding carboxylic acids is 1. The lowest BCUT2D eigenvalue weighted by Crippen LogP contribution is -2.37. The molecule has 1 amide bonds. The fourth-order valence-electron chi connectivity index (χ4n) is 2.59. The summed E-state index contributed by atoms with van der Waals surface area (Å²) in [4.78, 5) is 12.5. The molecule has 29 heavy (non-hydrogen) atoms. The molecule has 0 heterocycles. The zero-order valence-corrected chi connectivity index (χ0v) is 17.9. The van der Waals surface area contributed by atoms with Crippen LogP contribution in [0.4, 0.5) is 11.4 Å². The zero-order chi connectivity index (χ0) is 21.6. The number of nitrogens with zero attached hydrogens (tertiary/aromatic N) is 1. The SMILES string of the molecule is COc1ccc(NC(=O)CN(c2ccc(OC(C)C)cc2)S(C)(=O)=O)c(OC)c1. The first-order chi connectivity index (χ1) is 13.6. The highest BCUT2D eigenvalue weighted by Crippen LogP contribution is 2.29. The first kappa shape index (κ1) is 22.4. The molecule has 2 aromatic carbocycles. The van der Waals surface area contributed by atoms with Crippen molar-refractivity contribution in [3.8, 4) is 17.2 Å². The summed E-state index contributed by atoms with van der Waals surface area (Å²) < 4.78 is 41.5. The molecular weight excluding hydrogens is 396 g/mol. The third kappa shape index (κ3) is 6.28. The van der Waals surface area contributed by atoms with Crippen molar-refractivity contribution in [2.45, 2.75) is 20.0 Å². The number of methoxy groups -OCH3 is 2. The average molecular weight is 423 g/mol. The van der Waals surface area contributed by atoms with E-state index in [1.807, 2.05) is 13.8 Å². The monoisotopic (exact) mass is 422 g/mol. The Bertz CT molecular complexity index is 942. The lowest BCUT2D eigenvalue weighted by atomic mass is 10.2. The Morgan fingerprint density at radius 2 is 1.66 bits per heavy atom. The average Bonchev–Trinajstić information content (AvgIpc) is 2.66. The molecule has 8 nitrogen and oxygen atoms in total. The van der Waals surface area contributed by atoms with E-state index in [4.69, 9.17) is 14.2 Å². The summed E-state index contributed by atoms with van der Waals surface area (Å²) in [6.07, 6.45) is 1.05. The highest BCUT2D eigenvalue weighted by atomic mass is 32.2. The summed E-state index contributed by atoms with van der Waals surface area (Å²) >= 11 is 0. The maximum absolute atomic E-state index is 12.5. The molecule has 0 saturated carbocycles. The highest BCUT2D eigenvalue weighted by Gasteiger charge is 2.22. The minimum atomic E-state index is -3.69. The van der Waals surface area contributed by atoms with Crippen molar-refractivity contribution in [1.82, 2.24) is 0 Å². The number of ether oxygens (including phenoxy) is 3. The van der Waals surface area contributed by atoms with Crippen molar-refractivity contribution < 1.29 is 27.4 Å². The summed E-state index contributed by atoms with van der Waals surface area (Å²) in [5.74, 6) is 1.08. The molecule has 0 unspecified atom stereocenters. The van der Waals surface area contributed by atoms with Crippen LogP contribution in [0.3, 0.4) is 0 Å². The molecule has 0 radical (unpaired) electrons. The predicted octanol–water partition coefficient (Wildman–Crippen LogP) is 2.90. The van der Waals surface area contributed by atoms with Gasteiger partial charge < -0.3 is 19.5 Å². The molecule has 0 fully saturated rings. The van der Waals surface area contributed by atoms with E-state index in [0.29, 0.717) is 28.6 Å². The zero-order valence-electron chi connectivity index (χ0n) is 17.1. The van der Waals surface area contributed by atoms with Gasteiger partial charge in [0.05, 0.1) is 38.0 Å². The van der Waals surface area contributed by atoms with E-state index in [9.17, 15) is 13.2 Å². The van der Waals surface area contributed by atoms with E-state index < -0.39 is 22.5 Å². The number of amides is 1. The number of hydrogen-bond acceptors (Lipinski definition) is 6. The fraction of sp³-hybridized carbons (Fsp3) is 0.350. The molecule has 0 saturated heterocycles. The minimum absolute atomic E-state index is 0.00267. The standard InChI is InChI=1S/C20H26N2O6S/c1-14(2)28-16-8-6-15(7-9-16)22(29(5,24)25)13-20(23)21-18-11-10-17(26-3)12-19(18)27-4/h6-12,14H,13H2,1-5H3,(H,21,23). The molecule has 0 bridgehead atoms. The van der Waals surface area contributed by atoms with Crippen LogP contribution in [-0.4, -0.2) is 47.4 Å². The number of nitrogens with one attached hydrogen (secondary N) is 1. The van der Waals surface area contributed by atoms with Crippen LogP contribution < -0.4 is 23.8 Å². The molecule has 0 spiro atoms. The Labute approximate surface area is 171 Å². The van der Waals surface area contributed by atoms with E-state index in [1.165, 1.54) is 14.2 Å². The van der Waals surface area contributed by atoms with Crippen molar-refractivity contribution in [3.05, 3.63) is 42.5 Å². The number of sulfonamides is 1. The number of benzene rings is 2. The van der Waals surface area contributed by atoms with Gasteiger partial charge in [0.15, 0.2) is 0 Å². The van der Waals surface area contributed by atoms with Gasteiger partial charge in [-0.05, 0) is 50.2 Å². The van der Waals surface area contributed by atoms with Gasteiger partial charge in [-0.1, -0.05) is 0 Å². The number of anilines is 2. The number of hydrogen-bond donors (Lipinski definition) is 1. The molecule has 2 aromatic rings. The maximum Gasteiger partial charge on any atom is 0.245 e. The molecular formula is C20H26N2O6S. The molecule has 0 atom stereocenters. The van der Waals surface area contributed by atoms with E-state index in [-0.39, 0.29) is 6.10 Å². The van der Waals surface area contributed by atoms with E-state index in [1.54, 1.807) is 42.5 Å². The third-order valence-corrected chi connectivity index (χ3v) is 5.01. The largest absolute Gasteiger partial charge is 0.497 e. The van der Waals surface area contributed by atoms with E-state index in [2.05, 4.69) is 5.32 Å². The van der Waals surface area contributed by atoms with E-state index >= 15 is 0 Å². The van der Waals surface area contributed by atoms with E-state index in [0.717, 1.165) is 10.6 Å². The molecule has 0 aromatic heterocycles. The predicted molar refractivity (Wildman–Crippen MR) is 113 cm³/mol. The molecule has 0 aliphatic heterocycles. The van der Waals surface area contributed by atoms with Crippen LogP contribution >= 0.6 is 0 Å². The summed E-state index contributed by atoms with van der Waals surface area (Å²) in [6.45, 7) is 3.40. The maximum atomic E-state index is 12.5. The summed E-state index contributed by atoms with van der Waals surface area (Å²) in [5, 5.41) is 2.67. The van der Waals surface area contributed by atoms with Crippen LogP contribution in [0.2, 0.25) is 0 Å². The molecule has 0 aliphatic rings. The lowest BCUT2D eigenvalue weighted by Gasteiger charge is -2.22. The second kappa shape index (κ2) is 9.51. The fourth-order valence-corrected chi connectivity index (χ4v) is 3.44. The van der Waals surface area contributed by atoms with Gasteiger partial charge in [0, 0.05) is 6.07 Å². The van der Waals surface area contributed by atoms with Gasteiger partial charge in [-0.15, -0.1) is 0 Å². The van der Waals surface area contributed by atoms with Crippen LogP contribution in [-0.2, 0) is 14.8 Å². The highest BCUT2D eigenvalue weighted by molar-refractivity contribution is 7.92. The van der Waals surface area contributed by atoms with Gasteiger partial charge in [0.1, 0.15) is 23.8 Å². The lowest BCUT2D eigenvalue weighted by molar-refractivity contribution is -0.114.